The fourth-order valence-electron chi connectivity index (χ4n) is 0.862. The standard InChI is InChI=1S/C9H11BrO3S/c1-2-7-13-14(11,12)9-5-3-8(10)4-6-9/h3-6H,2,7H2,1H3. The first-order valence-electron chi connectivity index (χ1n) is 4.21. The summed E-state index contributed by atoms with van der Waals surface area (Å²) < 4.78 is 28.5. The molecule has 0 radical (unpaired) electrons. The monoisotopic (exact) mass is 278 g/mol. The summed E-state index contributed by atoms with van der Waals surface area (Å²) in [6, 6.07) is 6.36. The Balaban J connectivity index is 2.87. The second kappa shape index (κ2) is 4.91. The van der Waals surface area contributed by atoms with Crippen LogP contribution in [0.15, 0.2) is 33.6 Å². The van der Waals surface area contributed by atoms with Gasteiger partial charge >= 0.3 is 0 Å². The summed E-state index contributed by atoms with van der Waals surface area (Å²) in [7, 11) is -3.56. The van der Waals surface area contributed by atoms with Crippen molar-refractivity contribution in [3.63, 3.8) is 0 Å². The Kier molecular flexibility index (Phi) is 4.10. The van der Waals surface area contributed by atoms with Gasteiger partial charge < -0.3 is 0 Å². The van der Waals surface area contributed by atoms with E-state index < -0.39 is 10.1 Å². The van der Waals surface area contributed by atoms with Crippen LogP contribution in [0.5, 0.6) is 0 Å². The van der Waals surface area contributed by atoms with E-state index in [1.54, 1.807) is 12.1 Å². The lowest BCUT2D eigenvalue weighted by Crippen LogP contribution is -2.06. The van der Waals surface area contributed by atoms with E-state index in [4.69, 9.17) is 4.18 Å². The average molecular weight is 279 g/mol. The number of rotatable bonds is 4. The van der Waals surface area contributed by atoms with Gasteiger partial charge in [0.1, 0.15) is 0 Å². The SMILES string of the molecule is CCCOS(=O)(=O)c1ccc(Br)cc1. The molecule has 0 bridgehead atoms. The topological polar surface area (TPSA) is 43.4 Å². The molecular formula is C9H11BrO3S. The number of hydrogen-bond donors (Lipinski definition) is 0. The van der Waals surface area contributed by atoms with Crippen molar-refractivity contribution < 1.29 is 12.6 Å². The number of benzene rings is 1. The normalized spacial score (nSPS) is 11.6. The van der Waals surface area contributed by atoms with Crippen LogP contribution in [-0.4, -0.2) is 15.0 Å². The van der Waals surface area contributed by atoms with Gasteiger partial charge in [-0.25, -0.2) is 0 Å². The van der Waals surface area contributed by atoms with Gasteiger partial charge in [0, 0.05) is 4.47 Å². The summed E-state index contributed by atoms with van der Waals surface area (Å²) >= 11 is 3.23. The maximum atomic E-state index is 11.5. The maximum Gasteiger partial charge on any atom is 0.296 e. The van der Waals surface area contributed by atoms with Gasteiger partial charge in [0.15, 0.2) is 0 Å². The van der Waals surface area contributed by atoms with E-state index in [0.717, 1.165) is 4.47 Å². The quantitative estimate of drug-likeness (QED) is 0.795. The van der Waals surface area contributed by atoms with E-state index in [9.17, 15) is 8.42 Å². The molecule has 0 aromatic heterocycles. The molecule has 0 aliphatic rings. The molecule has 0 saturated heterocycles. The summed E-state index contributed by atoms with van der Waals surface area (Å²) in [6.45, 7) is 2.08. The molecular weight excluding hydrogens is 268 g/mol. The van der Waals surface area contributed by atoms with Crippen LogP contribution < -0.4 is 0 Å². The Labute approximate surface area is 92.3 Å². The van der Waals surface area contributed by atoms with Crippen LogP contribution in [0, 0.1) is 0 Å². The lowest BCUT2D eigenvalue weighted by atomic mass is 10.4. The fraction of sp³-hybridized carbons (Fsp3) is 0.333. The van der Waals surface area contributed by atoms with Crippen LogP contribution in [0.25, 0.3) is 0 Å². The van der Waals surface area contributed by atoms with E-state index in [-0.39, 0.29) is 11.5 Å². The average Bonchev–Trinajstić information content (AvgIpc) is 2.16. The Morgan fingerprint density at radius 2 is 1.86 bits per heavy atom. The molecule has 0 atom stereocenters. The van der Waals surface area contributed by atoms with Crippen molar-refractivity contribution in [2.75, 3.05) is 6.61 Å². The summed E-state index contributed by atoms with van der Waals surface area (Å²) in [4.78, 5) is 0.189. The Bertz CT molecular complexity index is 383. The molecule has 0 amide bonds. The molecule has 5 heteroatoms. The lowest BCUT2D eigenvalue weighted by Gasteiger charge is -2.03. The highest BCUT2D eigenvalue weighted by atomic mass is 79.9. The van der Waals surface area contributed by atoms with Crippen LogP contribution >= 0.6 is 15.9 Å². The van der Waals surface area contributed by atoms with Crippen LogP contribution in [0.4, 0.5) is 0 Å². The predicted octanol–water partition coefficient (Wildman–Crippen LogP) is 2.56. The van der Waals surface area contributed by atoms with E-state index in [0.29, 0.717) is 6.42 Å². The van der Waals surface area contributed by atoms with E-state index in [2.05, 4.69) is 15.9 Å². The van der Waals surface area contributed by atoms with E-state index in [1.807, 2.05) is 6.92 Å². The first kappa shape index (κ1) is 11.7. The third-order valence-electron chi connectivity index (χ3n) is 1.54. The number of halogens is 1. The summed E-state index contributed by atoms with van der Waals surface area (Å²) in [5.74, 6) is 0. The van der Waals surface area contributed by atoms with Gasteiger partial charge in [-0.3, -0.25) is 4.18 Å². The number of hydrogen-bond acceptors (Lipinski definition) is 3. The van der Waals surface area contributed by atoms with Crippen LogP contribution in [0.1, 0.15) is 13.3 Å². The predicted molar refractivity (Wildman–Crippen MR) is 57.6 cm³/mol. The zero-order chi connectivity index (χ0) is 10.6. The molecule has 0 heterocycles. The van der Waals surface area contributed by atoms with Crippen molar-refractivity contribution in [3.8, 4) is 0 Å². The second-order valence-electron chi connectivity index (χ2n) is 2.73. The highest BCUT2D eigenvalue weighted by molar-refractivity contribution is 9.10. The first-order chi connectivity index (χ1) is 6.56. The molecule has 3 nitrogen and oxygen atoms in total. The summed E-state index contributed by atoms with van der Waals surface area (Å²) in [6.07, 6.45) is 0.676. The fourth-order valence-corrected chi connectivity index (χ4v) is 2.12. The van der Waals surface area contributed by atoms with Crippen LogP contribution in [-0.2, 0) is 14.3 Å². The Morgan fingerprint density at radius 3 is 2.36 bits per heavy atom. The molecule has 0 fully saturated rings. The van der Waals surface area contributed by atoms with E-state index >= 15 is 0 Å². The first-order valence-corrected chi connectivity index (χ1v) is 6.41. The Hall–Kier alpha value is -0.390. The van der Waals surface area contributed by atoms with Gasteiger partial charge in [0.05, 0.1) is 11.5 Å². The van der Waals surface area contributed by atoms with Crippen LogP contribution in [0.3, 0.4) is 0 Å². The highest BCUT2D eigenvalue weighted by Gasteiger charge is 2.13. The molecule has 0 N–H and O–H groups in total. The van der Waals surface area contributed by atoms with Gasteiger partial charge in [0.25, 0.3) is 10.1 Å². The highest BCUT2D eigenvalue weighted by Crippen LogP contribution is 2.16. The molecule has 1 rings (SSSR count). The largest absolute Gasteiger partial charge is 0.296 e. The van der Waals surface area contributed by atoms with Crippen molar-refractivity contribution in [1.29, 1.82) is 0 Å². The van der Waals surface area contributed by atoms with Gasteiger partial charge in [-0.1, -0.05) is 22.9 Å². The van der Waals surface area contributed by atoms with Crippen molar-refractivity contribution in [3.05, 3.63) is 28.7 Å². The molecule has 14 heavy (non-hydrogen) atoms. The smallest absolute Gasteiger partial charge is 0.266 e. The Morgan fingerprint density at radius 1 is 1.29 bits per heavy atom. The van der Waals surface area contributed by atoms with Gasteiger partial charge in [-0.15, -0.1) is 0 Å². The lowest BCUT2D eigenvalue weighted by molar-refractivity contribution is 0.318. The molecule has 0 aliphatic heterocycles. The minimum Gasteiger partial charge on any atom is -0.266 e. The molecule has 0 unspecified atom stereocenters. The molecule has 78 valence electrons. The van der Waals surface area contributed by atoms with Gasteiger partial charge in [-0.2, -0.15) is 8.42 Å². The van der Waals surface area contributed by atoms with Crippen LogP contribution in [0.2, 0.25) is 0 Å². The zero-order valence-electron chi connectivity index (χ0n) is 7.73. The minimum atomic E-state index is -3.56. The molecule has 1 aromatic rings. The van der Waals surface area contributed by atoms with Crippen molar-refractivity contribution in [2.24, 2.45) is 0 Å². The molecule has 0 aliphatic carbocycles. The van der Waals surface area contributed by atoms with Crippen molar-refractivity contribution in [1.82, 2.24) is 0 Å². The van der Waals surface area contributed by atoms with Crippen molar-refractivity contribution >= 4 is 26.0 Å². The van der Waals surface area contributed by atoms with E-state index in [1.165, 1.54) is 12.1 Å². The minimum absolute atomic E-state index is 0.189. The van der Waals surface area contributed by atoms with Crippen molar-refractivity contribution in [2.45, 2.75) is 18.2 Å². The molecule has 0 saturated carbocycles. The third kappa shape index (κ3) is 3.08. The summed E-state index contributed by atoms with van der Waals surface area (Å²) in [5.41, 5.74) is 0. The zero-order valence-corrected chi connectivity index (χ0v) is 10.1. The summed E-state index contributed by atoms with van der Waals surface area (Å²) in [5, 5.41) is 0. The maximum absolute atomic E-state index is 11.5. The molecule has 1 aromatic carbocycles. The van der Waals surface area contributed by atoms with Gasteiger partial charge in [0.2, 0.25) is 0 Å². The second-order valence-corrected chi connectivity index (χ2v) is 5.26. The van der Waals surface area contributed by atoms with Gasteiger partial charge in [-0.05, 0) is 30.7 Å². The third-order valence-corrected chi connectivity index (χ3v) is 3.40. The molecule has 0 spiro atoms.